The monoisotopic (exact) mass is 298 g/mol. The largest absolute Gasteiger partial charge is 0.354 e. The predicted octanol–water partition coefficient (Wildman–Crippen LogP) is 2.69. The molecule has 2 heterocycles. The van der Waals surface area contributed by atoms with Crippen molar-refractivity contribution in [2.75, 3.05) is 25.3 Å². The summed E-state index contributed by atoms with van der Waals surface area (Å²) in [5, 5.41) is 10.7. The van der Waals surface area contributed by atoms with Gasteiger partial charge in [-0.1, -0.05) is 0 Å². The fraction of sp³-hybridized carbons (Fsp3) is 0.500. The van der Waals surface area contributed by atoms with Crippen molar-refractivity contribution >= 4 is 29.2 Å². The van der Waals surface area contributed by atoms with Crippen LogP contribution in [-0.4, -0.2) is 39.3 Å². The van der Waals surface area contributed by atoms with Crippen molar-refractivity contribution in [1.82, 2.24) is 4.90 Å². The van der Waals surface area contributed by atoms with Crippen molar-refractivity contribution in [2.24, 2.45) is 0 Å². The molecule has 0 N–H and O–H groups in total. The molecule has 0 amide bonds. The Labute approximate surface area is 119 Å². The molecule has 1 spiro atoms. The van der Waals surface area contributed by atoms with Crippen LogP contribution in [0, 0.1) is 10.1 Å². The van der Waals surface area contributed by atoms with Crippen LogP contribution < -0.4 is 0 Å². The lowest BCUT2D eigenvalue weighted by Gasteiger charge is -2.32. The Bertz CT molecular complexity index is 488. The smallest absolute Gasteiger partial charge is 0.269 e. The number of nitro benzene ring substituents is 1. The highest BCUT2D eigenvalue weighted by Crippen LogP contribution is 2.57. The fourth-order valence-electron chi connectivity index (χ4n) is 2.45. The molecule has 5 nitrogen and oxygen atoms in total. The first-order chi connectivity index (χ1) is 9.13. The number of nitro groups is 1. The highest BCUT2D eigenvalue weighted by molar-refractivity contribution is 8.21. The number of benzene rings is 1. The Morgan fingerprint density at radius 1 is 1.37 bits per heavy atom. The van der Waals surface area contributed by atoms with Crippen LogP contribution in [0.15, 0.2) is 24.3 Å². The second-order valence-corrected chi connectivity index (χ2v) is 7.45. The summed E-state index contributed by atoms with van der Waals surface area (Å²) in [4.78, 5) is 12.5. The van der Waals surface area contributed by atoms with Crippen LogP contribution in [-0.2, 0) is 4.74 Å². The molecule has 0 bridgehead atoms. The number of ether oxygens (including phenoxy) is 1. The van der Waals surface area contributed by atoms with E-state index in [4.69, 9.17) is 4.74 Å². The molecule has 0 aliphatic carbocycles. The maximum atomic E-state index is 10.7. The number of nitrogens with zero attached hydrogens (tertiary/aromatic N) is 2. The minimum absolute atomic E-state index is 0.0317. The first kappa shape index (κ1) is 13.2. The Kier molecular flexibility index (Phi) is 3.46. The Balaban J connectivity index is 1.90. The number of non-ortho nitro benzene ring substituents is 1. The van der Waals surface area contributed by atoms with Crippen molar-refractivity contribution in [3.05, 3.63) is 39.9 Å². The van der Waals surface area contributed by atoms with Gasteiger partial charge in [0.1, 0.15) is 17.0 Å². The lowest BCUT2D eigenvalue weighted by atomic mass is 10.1. The lowest BCUT2D eigenvalue weighted by molar-refractivity contribution is -0.384. The average molecular weight is 298 g/mol. The van der Waals surface area contributed by atoms with Crippen molar-refractivity contribution in [2.45, 2.75) is 10.3 Å². The van der Waals surface area contributed by atoms with Crippen LogP contribution in [0.5, 0.6) is 0 Å². The highest BCUT2D eigenvalue weighted by atomic mass is 32.2. The number of thioether (sulfide) groups is 2. The van der Waals surface area contributed by atoms with Crippen molar-refractivity contribution in [1.29, 1.82) is 0 Å². The molecule has 2 aliphatic heterocycles. The van der Waals surface area contributed by atoms with E-state index >= 15 is 0 Å². The van der Waals surface area contributed by atoms with E-state index < -0.39 is 0 Å². The van der Waals surface area contributed by atoms with Crippen LogP contribution in [0.3, 0.4) is 0 Å². The molecule has 19 heavy (non-hydrogen) atoms. The molecule has 2 aliphatic rings. The summed E-state index contributed by atoms with van der Waals surface area (Å²) in [5.74, 6) is 2.23. The van der Waals surface area contributed by atoms with Gasteiger partial charge in [0.2, 0.25) is 0 Å². The van der Waals surface area contributed by atoms with E-state index in [9.17, 15) is 10.1 Å². The lowest BCUT2D eigenvalue weighted by Crippen LogP contribution is -2.36. The SMILES string of the molecule is CN1COC(c2ccc([N+](=O)[O-])cc2)C12SCCS2. The minimum Gasteiger partial charge on any atom is -0.354 e. The second-order valence-electron chi connectivity index (χ2n) is 4.55. The van der Waals surface area contributed by atoms with Gasteiger partial charge in [-0.25, -0.2) is 0 Å². The van der Waals surface area contributed by atoms with E-state index in [1.807, 2.05) is 35.7 Å². The van der Waals surface area contributed by atoms with Gasteiger partial charge in [-0.2, -0.15) is 0 Å². The summed E-state index contributed by atoms with van der Waals surface area (Å²) in [6.07, 6.45) is -0.0317. The maximum Gasteiger partial charge on any atom is 0.269 e. The van der Waals surface area contributed by atoms with Gasteiger partial charge in [0.15, 0.2) is 0 Å². The van der Waals surface area contributed by atoms with Gasteiger partial charge in [-0.3, -0.25) is 15.0 Å². The van der Waals surface area contributed by atoms with Crippen LogP contribution in [0.4, 0.5) is 5.69 Å². The Morgan fingerprint density at radius 3 is 2.58 bits per heavy atom. The van der Waals surface area contributed by atoms with Crippen molar-refractivity contribution < 1.29 is 9.66 Å². The molecule has 3 rings (SSSR count). The van der Waals surface area contributed by atoms with Gasteiger partial charge in [0.05, 0.1) is 4.92 Å². The summed E-state index contributed by atoms with van der Waals surface area (Å²) < 4.78 is 5.83. The Morgan fingerprint density at radius 2 is 2.00 bits per heavy atom. The molecule has 7 heteroatoms. The van der Waals surface area contributed by atoms with Crippen molar-refractivity contribution in [3.63, 3.8) is 0 Å². The van der Waals surface area contributed by atoms with E-state index in [1.54, 1.807) is 12.1 Å². The van der Waals surface area contributed by atoms with Gasteiger partial charge in [0, 0.05) is 23.6 Å². The van der Waals surface area contributed by atoms with Gasteiger partial charge in [-0.15, -0.1) is 23.5 Å². The molecular weight excluding hydrogens is 284 g/mol. The quantitative estimate of drug-likeness (QED) is 0.618. The topological polar surface area (TPSA) is 55.6 Å². The van der Waals surface area contributed by atoms with E-state index in [2.05, 4.69) is 11.9 Å². The number of hydrogen-bond acceptors (Lipinski definition) is 6. The predicted molar refractivity (Wildman–Crippen MR) is 77.2 cm³/mol. The van der Waals surface area contributed by atoms with Crippen LogP contribution >= 0.6 is 23.5 Å². The van der Waals surface area contributed by atoms with Gasteiger partial charge in [0.25, 0.3) is 5.69 Å². The Hall–Kier alpha value is -0.760. The average Bonchev–Trinajstić information content (AvgIpc) is 3.01. The molecule has 1 aromatic rings. The summed E-state index contributed by atoms with van der Waals surface area (Å²) in [7, 11) is 2.07. The summed E-state index contributed by atoms with van der Waals surface area (Å²) >= 11 is 3.81. The normalized spacial score (nSPS) is 26.1. The third-order valence-electron chi connectivity index (χ3n) is 3.41. The molecule has 0 radical (unpaired) electrons. The molecule has 1 aromatic carbocycles. The fourth-order valence-corrected chi connectivity index (χ4v) is 5.79. The number of likely N-dealkylation sites (N-methyl/N-ethyl adjacent to an activating group) is 1. The zero-order valence-electron chi connectivity index (χ0n) is 10.4. The van der Waals surface area contributed by atoms with E-state index in [0.717, 1.165) is 17.1 Å². The zero-order chi connectivity index (χ0) is 13.5. The molecular formula is C12H14N2O3S2. The first-order valence-corrected chi connectivity index (χ1v) is 7.96. The van der Waals surface area contributed by atoms with Gasteiger partial charge >= 0.3 is 0 Å². The van der Waals surface area contributed by atoms with E-state index in [-0.39, 0.29) is 20.9 Å². The van der Waals surface area contributed by atoms with E-state index in [0.29, 0.717) is 6.73 Å². The first-order valence-electron chi connectivity index (χ1n) is 5.98. The van der Waals surface area contributed by atoms with Gasteiger partial charge in [-0.05, 0) is 24.7 Å². The molecule has 2 fully saturated rings. The summed E-state index contributed by atoms with van der Waals surface area (Å²) in [6.45, 7) is 0.599. The molecule has 0 aromatic heterocycles. The third kappa shape index (κ3) is 2.14. The van der Waals surface area contributed by atoms with Crippen molar-refractivity contribution in [3.8, 4) is 0 Å². The summed E-state index contributed by atoms with van der Waals surface area (Å²) in [5.41, 5.74) is 1.13. The standard InChI is InChI=1S/C12H14N2O3S2/c1-13-8-17-11(12(13)18-6-7-19-12)9-2-4-10(5-3-9)14(15)16/h2-5,11H,6-8H2,1H3. The van der Waals surface area contributed by atoms with Crippen LogP contribution in [0.25, 0.3) is 0 Å². The minimum atomic E-state index is -0.375. The summed E-state index contributed by atoms with van der Waals surface area (Å²) in [6, 6.07) is 6.72. The zero-order valence-corrected chi connectivity index (χ0v) is 12.1. The molecule has 0 saturated carbocycles. The van der Waals surface area contributed by atoms with Crippen LogP contribution in [0.1, 0.15) is 11.7 Å². The molecule has 102 valence electrons. The third-order valence-corrected chi connectivity index (χ3v) is 7.07. The molecule has 1 unspecified atom stereocenters. The molecule has 1 atom stereocenters. The number of hydrogen-bond donors (Lipinski definition) is 0. The number of rotatable bonds is 2. The molecule has 2 saturated heterocycles. The van der Waals surface area contributed by atoms with E-state index in [1.165, 1.54) is 0 Å². The highest BCUT2D eigenvalue weighted by Gasteiger charge is 2.52. The maximum absolute atomic E-state index is 10.7. The second kappa shape index (κ2) is 4.97. The van der Waals surface area contributed by atoms with Gasteiger partial charge < -0.3 is 4.74 Å². The van der Waals surface area contributed by atoms with Crippen LogP contribution in [0.2, 0.25) is 0 Å².